The van der Waals surface area contributed by atoms with Gasteiger partial charge in [0.1, 0.15) is 5.78 Å². The molecule has 0 fully saturated rings. The van der Waals surface area contributed by atoms with Crippen molar-refractivity contribution in [3.8, 4) is 0 Å². The van der Waals surface area contributed by atoms with Crippen molar-refractivity contribution in [2.45, 2.75) is 13.3 Å². The Labute approximate surface area is 58.9 Å². The van der Waals surface area contributed by atoms with E-state index in [1.807, 2.05) is 0 Å². The van der Waals surface area contributed by atoms with Crippen molar-refractivity contribution in [1.29, 1.82) is 5.41 Å². The van der Waals surface area contributed by atoms with Crippen LogP contribution in [0.2, 0.25) is 0 Å². The van der Waals surface area contributed by atoms with Gasteiger partial charge in [0, 0.05) is 6.21 Å². The summed E-state index contributed by atoms with van der Waals surface area (Å²) < 4.78 is 0. The van der Waals surface area contributed by atoms with Crippen molar-refractivity contribution >= 4 is 17.9 Å². The van der Waals surface area contributed by atoms with Crippen molar-refractivity contribution in [3.63, 3.8) is 0 Å². The third-order valence-electron chi connectivity index (χ3n) is 1.11. The van der Waals surface area contributed by atoms with Gasteiger partial charge in [0.05, 0.1) is 12.3 Å². The highest BCUT2D eigenvalue weighted by molar-refractivity contribution is 6.03. The zero-order chi connectivity index (χ0) is 8.15. The number of Topliss-reactive ketones (excluding diaryl/α,β-unsaturated/α-hetero) is 1. The predicted octanol–water partition coefficient (Wildman–Crippen LogP) is -0.283. The van der Waals surface area contributed by atoms with Crippen LogP contribution in [0.25, 0.3) is 0 Å². The molecule has 1 amide bonds. The molecule has 0 aliphatic carbocycles. The van der Waals surface area contributed by atoms with Gasteiger partial charge < -0.3 is 11.1 Å². The SMILES string of the molecule is CC(C=N)C(=O)CC(N)=O. The van der Waals surface area contributed by atoms with Crippen LogP contribution in [-0.2, 0) is 9.59 Å². The summed E-state index contributed by atoms with van der Waals surface area (Å²) in [6, 6.07) is 0. The third kappa shape index (κ3) is 2.96. The van der Waals surface area contributed by atoms with E-state index >= 15 is 0 Å². The Balaban J connectivity index is 3.84. The van der Waals surface area contributed by atoms with Crippen LogP contribution in [0.4, 0.5) is 0 Å². The minimum Gasteiger partial charge on any atom is -0.369 e. The smallest absolute Gasteiger partial charge is 0.224 e. The number of amides is 1. The van der Waals surface area contributed by atoms with Crippen LogP contribution in [0.5, 0.6) is 0 Å². The van der Waals surface area contributed by atoms with E-state index < -0.39 is 11.8 Å². The Hall–Kier alpha value is -1.19. The van der Waals surface area contributed by atoms with Crippen LogP contribution in [0, 0.1) is 11.3 Å². The summed E-state index contributed by atoms with van der Waals surface area (Å²) in [5.41, 5.74) is 4.75. The molecule has 0 heterocycles. The molecule has 0 radical (unpaired) electrons. The fourth-order valence-electron chi connectivity index (χ4n) is 0.426. The van der Waals surface area contributed by atoms with Gasteiger partial charge in [0.2, 0.25) is 5.91 Å². The summed E-state index contributed by atoms with van der Waals surface area (Å²) in [4.78, 5) is 20.9. The molecular weight excluding hydrogens is 132 g/mol. The maximum atomic E-state index is 10.7. The first-order valence-electron chi connectivity index (χ1n) is 2.89. The van der Waals surface area contributed by atoms with Gasteiger partial charge in [-0.15, -0.1) is 0 Å². The number of hydrogen-bond donors (Lipinski definition) is 2. The Bertz CT molecular complexity index is 165. The van der Waals surface area contributed by atoms with Crippen LogP contribution in [0.3, 0.4) is 0 Å². The van der Waals surface area contributed by atoms with Crippen molar-refractivity contribution in [2.75, 3.05) is 0 Å². The molecule has 3 N–H and O–H groups in total. The molecule has 10 heavy (non-hydrogen) atoms. The zero-order valence-corrected chi connectivity index (χ0v) is 5.76. The van der Waals surface area contributed by atoms with Gasteiger partial charge in [0.25, 0.3) is 0 Å². The van der Waals surface area contributed by atoms with E-state index in [2.05, 4.69) is 0 Å². The van der Waals surface area contributed by atoms with Crippen LogP contribution in [-0.4, -0.2) is 17.9 Å². The Morgan fingerprint density at radius 2 is 2.20 bits per heavy atom. The first-order chi connectivity index (χ1) is 4.57. The lowest BCUT2D eigenvalue weighted by Crippen LogP contribution is -2.21. The fourth-order valence-corrected chi connectivity index (χ4v) is 0.426. The number of rotatable bonds is 4. The first-order valence-corrected chi connectivity index (χ1v) is 2.89. The van der Waals surface area contributed by atoms with Gasteiger partial charge >= 0.3 is 0 Å². The number of nitrogens with two attached hydrogens (primary N) is 1. The molecule has 0 aromatic heterocycles. The Kier molecular flexibility index (Phi) is 3.32. The van der Waals surface area contributed by atoms with E-state index in [4.69, 9.17) is 11.1 Å². The average molecular weight is 142 g/mol. The van der Waals surface area contributed by atoms with Crippen LogP contribution >= 0.6 is 0 Å². The van der Waals surface area contributed by atoms with Crippen molar-refractivity contribution in [3.05, 3.63) is 0 Å². The molecule has 56 valence electrons. The number of hydrogen-bond acceptors (Lipinski definition) is 3. The van der Waals surface area contributed by atoms with Crippen LogP contribution in [0.1, 0.15) is 13.3 Å². The molecule has 1 atom stereocenters. The number of carbonyl (C=O) groups is 2. The zero-order valence-electron chi connectivity index (χ0n) is 5.76. The summed E-state index contributed by atoms with van der Waals surface area (Å²) in [6.07, 6.45) is 0.724. The molecule has 1 unspecified atom stereocenters. The number of nitrogens with one attached hydrogen (secondary N) is 1. The Morgan fingerprint density at radius 3 is 2.50 bits per heavy atom. The average Bonchev–Trinajstić information content (AvgIpc) is 1.85. The van der Waals surface area contributed by atoms with Crippen molar-refractivity contribution in [1.82, 2.24) is 0 Å². The van der Waals surface area contributed by atoms with E-state index in [1.165, 1.54) is 0 Å². The number of ketones is 1. The topological polar surface area (TPSA) is 84.0 Å². The highest BCUT2D eigenvalue weighted by Gasteiger charge is 2.11. The van der Waals surface area contributed by atoms with E-state index in [0.29, 0.717) is 0 Å². The quantitative estimate of drug-likeness (QED) is 0.417. The first kappa shape index (κ1) is 8.81. The minimum atomic E-state index is -0.640. The molecule has 0 spiro atoms. The summed E-state index contributed by atoms with van der Waals surface area (Å²) in [5, 5.41) is 6.69. The second kappa shape index (κ2) is 3.76. The molecule has 0 aliphatic rings. The van der Waals surface area contributed by atoms with Gasteiger partial charge in [-0.3, -0.25) is 9.59 Å². The van der Waals surface area contributed by atoms with Crippen LogP contribution in [0.15, 0.2) is 0 Å². The highest BCUT2D eigenvalue weighted by atomic mass is 16.2. The van der Waals surface area contributed by atoms with Crippen molar-refractivity contribution < 1.29 is 9.59 Å². The molecule has 0 saturated heterocycles. The monoisotopic (exact) mass is 142 g/mol. The van der Waals surface area contributed by atoms with Gasteiger partial charge in [-0.25, -0.2) is 0 Å². The largest absolute Gasteiger partial charge is 0.369 e. The van der Waals surface area contributed by atoms with Crippen LogP contribution < -0.4 is 5.73 Å². The predicted molar refractivity (Wildman–Crippen MR) is 36.8 cm³/mol. The molecular formula is C6H10N2O2. The molecule has 0 saturated carbocycles. The number of primary amides is 1. The molecule has 0 rings (SSSR count). The fraction of sp³-hybridized carbons (Fsp3) is 0.500. The maximum Gasteiger partial charge on any atom is 0.224 e. The van der Waals surface area contributed by atoms with Gasteiger partial charge in [-0.1, -0.05) is 6.92 Å². The summed E-state index contributed by atoms with van der Waals surface area (Å²) in [6.45, 7) is 1.55. The van der Waals surface area contributed by atoms with Gasteiger partial charge in [0.15, 0.2) is 0 Å². The third-order valence-corrected chi connectivity index (χ3v) is 1.11. The Morgan fingerprint density at radius 1 is 1.70 bits per heavy atom. The molecule has 0 aromatic carbocycles. The lowest BCUT2D eigenvalue weighted by atomic mass is 10.1. The van der Waals surface area contributed by atoms with Crippen molar-refractivity contribution in [2.24, 2.45) is 11.7 Å². The molecule has 0 bridgehead atoms. The lowest BCUT2D eigenvalue weighted by molar-refractivity contribution is -0.127. The standard InChI is InChI=1S/C6H10N2O2/c1-4(3-7)5(9)2-6(8)10/h3-4,7H,2H2,1H3,(H2,8,10). The molecule has 0 aromatic rings. The van der Waals surface area contributed by atoms with E-state index in [1.54, 1.807) is 6.92 Å². The van der Waals surface area contributed by atoms with Gasteiger partial charge in [-0.2, -0.15) is 0 Å². The lowest BCUT2D eigenvalue weighted by Gasteiger charge is -1.99. The summed E-state index contributed by atoms with van der Waals surface area (Å²) >= 11 is 0. The molecule has 4 nitrogen and oxygen atoms in total. The maximum absolute atomic E-state index is 10.7. The minimum absolute atomic E-state index is 0.267. The van der Waals surface area contributed by atoms with Gasteiger partial charge in [-0.05, 0) is 0 Å². The number of carbonyl (C=O) groups excluding carboxylic acids is 2. The van der Waals surface area contributed by atoms with E-state index in [0.717, 1.165) is 6.21 Å². The van der Waals surface area contributed by atoms with E-state index in [-0.39, 0.29) is 12.2 Å². The second-order valence-electron chi connectivity index (χ2n) is 2.06. The molecule has 0 aliphatic heterocycles. The summed E-state index contributed by atoms with van der Waals surface area (Å²) in [5.74, 6) is -1.44. The van der Waals surface area contributed by atoms with E-state index in [9.17, 15) is 9.59 Å². The summed E-state index contributed by atoms with van der Waals surface area (Å²) in [7, 11) is 0. The highest BCUT2D eigenvalue weighted by Crippen LogP contribution is 1.95. The second-order valence-corrected chi connectivity index (χ2v) is 2.06. The molecule has 4 heteroatoms. The normalized spacial score (nSPS) is 12.1.